The van der Waals surface area contributed by atoms with E-state index in [1.54, 1.807) is 35.1 Å². The van der Waals surface area contributed by atoms with Crippen LogP contribution in [-0.4, -0.2) is 99.0 Å². The van der Waals surface area contributed by atoms with Crippen LogP contribution >= 0.6 is 22.7 Å². The minimum Gasteiger partial charge on any atom is -0.574 e. The molecule has 0 atom stereocenters. The summed E-state index contributed by atoms with van der Waals surface area (Å²) >= 11 is 3.36. The van der Waals surface area contributed by atoms with Crippen LogP contribution in [0, 0.1) is 0 Å². The van der Waals surface area contributed by atoms with Crippen molar-refractivity contribution in [3.63, 3.8) is 0 Å². The molecule has 0 bridgehead atoms. The van der Waals surface area contributed by atoms with Gasteiger partial charge in [0.1, 0.15) is 0 Å². The van der Waals surface area contributed by atoms with E-state index in [-0.39, 0.29) is 37.7 Å². The minimum absolute atomic E-state index is 0. The van der Waals surface area contributed by atoms with Crippen LogP contribution in [0.25, 0.3) is 21.1 Å². The molecule has 4 aromatic heterocycles. The third-order valence-electron chi connectivity index (χ3n) is 3.47. The van der Waals surface area contributed by atoms with Crippen LogP contribution in [0.2, 0.25) is 0 Å². The molecule has 0 aromatic carbocycles. The summed E-state index contributed by atoms with van der Waals surface area (Å²) in [4.78, 5) is 6.72. The fraction of sp³-hybridized carbons (Fsp3) is 0.300. The molecule has 0 aliphatic heterocycles. The Bertz CT molecular complexity index is 689. The molecule has 0 fully saturated rings. The van der Waals surface area contributed by atoms with Gasteiger partial charge in [-0.05, 0) is 51.1 Å². The molecule has 150 valence electrons. The minimum atomic E-state index is 0. The van der Waals surface area contributed by atoms with E-state index in [1.165, 1.54) is 9.75 Å². The van der Waals surface area contributed by atoms with Crippen molar-refractivity contribution in [2.45, 2.75) is 0 Å². The molecule has 6 nitrogen and oxygen atoms in total. The standard InChI is InChI=1S/2C7H5N2S.C6H16N2.Ca/c2*1-2-7(10-5-1)6-3-4-8-9-6;1-7(2)5-6-8(3)4;/h2*1-5H;5-6H2,1-4H3;/q2*-1;;+2. The van der Waals surface area contributed by atoms with Gasteiger partial charge in [0.25, 0.3) is 0 Å². The largest absolute Gasteiger partial charge is 2.00 e. The van der Waals surface area contributed by atoms with E-state index in [0.717, 1.165) is 24.5 Å². The number of aromatic nitrogens is 4. The summed E-state index contributed by atoms with van der Waals surface area (Å²) in [7, 11) is 8.35. The van der Waals surface area contributed by atoms with Crippen molar-refractivity contribution in [2.24, 2.45) is 0 Å². The summed E-state index contributed by atoms with van der Waals surface area (Å²) in [5, 5.41) is 19.4. The first-order chi connectivity index (χ1) is 13.6. The second-order valence-corrected chi connectivity index (χ2v) is 8.29. The first-order valence-corrected chi connectivity index (χ1v) is 10.6. The zero-order valence-corrected chi connectivity index (χ0v) is 21.2. The number of thiophene rings is 2. The maximum Gasteiger partial charge on any atom is 2.00 e. The van der Waals surface area contributed by atoms with Gasteiger partial charge in [-0.3, -0.25) is 0 Å². The molecule has 29 heavy (non-hydrogen) atoms. The Morgan fingerprint density at radius 2 is 1.14 bits per heavy atom. The number of hydrogen-bond acceptors (Lipinski definition) is 6. The molecule has 9 heteroatoms. The van der Waals surface area contributed by atoms with Gasteiger partial charge in [0.15, 0.2) is 0 Å². The van der Waals surface area contributed by atoms with Gasteiger partial charge in [0.2, 0.25) is 0 Å². The molecule has 0 saturated carbocycles. The number of nitrogens with zero attached hydrogens (tertiary/aromatic N) is 6. The van der Waals surface area contributed by atoms with Gasteiger partial charge in [-0.15, -0.1) is 34.1 Å². The van der Waals surface area contributed by atoms with Crippen LogP contribution in [0.4, 0.5) is 0 Å². The Hall–Kier alpha value is -1.00. The second-order valence-electron chi connectivity index (χ2n) is 6.39. The van der Waals surface area contributed by atoms with Crippen molar-refractivity contribution in [3.8, 4) is 21.1 Å². The summed E-state index contributed by atoms with van der Waals surface area (Å²) in [6, 6.07) is 11.9. The van der Waals surface area contributed by atoms with Gasteiger partial charge in [-0.25, -0.2) is 0 Å². The maximum absolute atomic E-state index is 3.92. The summed E-state index contributed by atoms with van der Waals surface area (Å²) in [6.45, 7) is 2.29. The molecule has 0 radical (unpaired) electrons. The zero-order valence-electron chi connectivity index (χ0n) is 17.4. The molecule has 0 amide bonds. The van der Waals surface area contributed by atoms with Crippen molar-refractivity contribution in [3.05, 3.63) is 59.6 Å². The fourth-order valence-corrected chi connectivity index (χ4v) is 3.36. The smallest absolute Gasteiger partial charge is 0.574 e. The average Bonchev–Trinajstić information content (AvgIpc) is 3.48. The average molecular weight is 455 g/mol. The molecule has 4 rings (SSSR count). The first-order valence-electron chi connectivity index (χ1n) is 8.82. The molecule has 0 aliphatic rings. The number of likely N-dealkylation sites (N-methyl/N-ethyl adjacent to an activating group) is 2. The molecule has 0 aliphatic carbocycles. The van der Waals surface area contributed by atoms with E-state index in [2.05, 4.69) is 58.4 Å². The molecule has 0 saturated heterocycles. The molecular weight excluding hydrogens is 428 g/mol. The van der Waals surface area contributed by atoms with Crippen LogP contribution in [0.15, 0.2) is 59.6 Å². The van der Waals surface area contributed by atoms with E-state index < -0.39 is 0 Å². The molecule has 0 unspecified atom stereocenters. The monoisotopic (exact) mass is 454 g/mol. The Morgan fingerprint density at radius 3 is 1.38 bits per heavy atom. The van der Waals surface area contributed by atoms with Crippen molar-refractivity contribution >= 4 is 60.4 Å². The van der Waals surface area contributed by atoms with E-state index in [1.807, 2.05) is 47.2 Å². The van der Waals surface area contributed by atoms with Gasteiger partial charge < -0.3 is 30.2 Å². The number of rotatable bonds is 5. The van der Waals surface area contributed by atoms with Crippen LogP contribution in [0.3, 0.4) is 0 Å². The summed E-state index contributed by atoms with van der Waals surface area (Å²) in [5.74, 6) is 0. The van der Waals surface area contributed by atoms with Crippen LogP contribution in [0.1, 0.15) is 0 Å². The Balaban J connectivity index is 0.000000216. The van der Waals surface area contributed by atoms with Gasteiger partial charge >= 0.3 is 37.7 Å². The zero-order chi connectivity index (χ0) is 20.2. The van der Waals surface area contributed by atoms with E-state index in [4.69, 9.17) is 0 Å². The predicted octanol–water partition coefficient (Wildman–Crippen LogP) is 3.26. The van der Waals surface area contributed by atoms with E-state index >= 15 is 0 Å². The van der Waals surface area contributed by atoms with Crippen molar-refractivity contribution in [1.82, 2.24) is 30.2 Å². The third-order valence-corrected chi connectivity index (χ3v) is 5.26. The Labute approximate surface area is 211 Å². The van der Waals surface area contributed by atoms with Gasteiger partial charge in [-0.1, -0.05) is 24.3 Å². The second kappa shape index (κ2) is 14.9. The maximum atomic E-state index is 3.92. The fourth-order valence-electron chi connectivity index (χ4n) is 1.98. The van der Waals surface area contributed by atoms with Crippen molar-refractivity contribution in [1.29, 1.82) is 0 Å². The van der Waals surface area contributed by atoms with E-state index in [0.29, 0.717) is 0 Å². The van der Waals surface area contributed by atoms with Crippen LogP contribution < -0.4 is 10.2 Å². The molecular formula is C20H26CaN6S2. The third kappa shape index (κ3) is 10.5. The summed E-state index contributed by atoms with van der Waals surface area (Å²) < 4.78 is 0. The van der Waals surface area contributed by atoms with Gasteiger partial charge in [0.05, 0.1) is 0 Å². The predicted molar refractivity (Wildman–Crippen MR) is 125 cm³/mol. The number of hydrogen-bond donors (Lipinski definition) is 0. The molecule has 0 N–H and O–H groups in total. The molecule has 4 heterocycles. The van der Waals surface area contributed by atoms with Crippen molar-refractivity contribution < 1.29 is 0 Å². The SMILES string of the molecule is CN(C)CCN(C)C.[Ca+2].c1csc(-c2ccn[n-]2)c1.c1csc(-c2ccn[n-]2)c1. The normalized spacial score (nSPS) is 10.0. The van der Waals surface area contributed by atoms with E-state index in [9.17, 15) is 0 Å². The summed E-state index contributed by atoms with van der Waals surface area (Å²) in [5.41, 5.74) is 1.94. The van der Waals surface area contributed by atoms with Gasteiger partial charge in [-0.2, -0.15) is 0 Å². The summed E-state index contributed by atoms with van der Waals surface area (Å²) in [6.07, 6.45) is 3.41. The van der Waals surface area contributed by atoms with Gasteiger partial charge in [0, 0.05) is 35.2 Å². The molecule has 0 spiro atoms. The Morgan fingerprint density at radius 1 is 0.724 bits per heavy atom. The van der Waals surface area contributed by atoms with Crippen molar-refractivity contribution in [2.75, 3.05) is 41.3 Å². The first kappa shape index (κ1) is 26.0. The van der Waals surface area contributed by atoms with Crippen LogP contribution in [0.5, 0.6) is 0 Å². The van der Waals surface area contributed by atoms with Crippen LogP contribution in [-0.2, 0) is 0 Å². The topological polar surface area (TPSA) is 60.5 Å². The molecule has 4 aromatic rings. The quantitative estimate of drug-likeness (QED) is 0.432. The Kier molecular flexibility index (Phi) is 13.4.